The number of carbonyl (C=O) groups excluding carboxylic acids is 1. The molecule has 2 aromatic rings. The number of anilines is 1. The predicted molar refractivity (Wildman–Crippen MR) is 92.0 cm³/mol. The minimum Gasteiger partial charge on any atom is -0.360 e. The van der Waals surface area contributed by atoms with Gasteiger partial charge >= 0.3 is 0 Å². The van der Waals surface area contributed by atoms with E-state index < -0.39 is 0 Å². The van der Waals surface area contributed by atoms with Gasteiger partial charge in [-0.1, -0.05) is 17.2 Å². The van der Waals surface area contributed by atoms with Gasteiger partial charge in [0, 0.05) is 38.3 Å². The van der Waals surface area contributed by atoms with Crippen molar-refractivity contribution in [2.75, 3.05) is 31.5 Å². The van der Waals surface area contributed by atoms with E-state index in [1.165, 1.54) is 0 Å². The second kappa shape index (κ2) is 7.79. The van der Waals surface area contributed by atoms with Crippen LogP contribution < -0.4 is 5.32 Å². The summed E-state index contributed by atoms with van der Waals surface area (Å²) in [6.07, 6.45) is 0.754. The number of hydrogen-bond acceptors (Lipinski definition) is 7. The summed E-state index contributed by atoms with van der Waals surface area (Å²) in [4.78, 5) is 17.1. The van der Waals surface area contributed by atoms with Gasteiger partial charge in [-0.25, -0.2) is 0 Å². The van der Waals surface area contributed by atoms with Crippen LogP contribution in [0.4, 0.5) is 5.82 Å². The Kier molecular flexibility index (Phi) is 5.50. The molecular formula is C17H25N5O3. The van der Waals surface area contributed by atoms with E-state index in [9.17, 15) is 4.79 Å². The lowest BCUT2D eigenvalue weighted by atomic mass is 10.1. The van der Waals surface area contributed by atoms with E-state index in [-0.39, 0.29) is 11.9 Å². The van der Waals surface area contributed by atoms with Crippen molar-refractivity contribution in [3.63, 3.8) is 0 Å². The van der Waals surface area contributed by atoms with Gasteiger partial charge < -0.3 is 14.4 Å². The van der Waals surface area contributed by atoms with Crippen molar-refractivity contribution in [1.29, 1.82) is 0 Å². The quantitative estimate of drug-likeness (QED) is 0.852. The maximum absolute atomic E-state index is 12.6. The predicted octanol–water partition coefficient (Wildman–Crippen LogP) is 1.81. The van der Waals surface area contributed by atoms with Crippen LogP contribution in [-0.2, 0) is 11.3 Å². The lowest BCUT2D eigenvalue weighted by Crippen LogP contribution is -2.53. The maximum Gasteiger partial charge on any atom is 0.242 e. The van der Waals surface area contributed by atoms with Crippen LogP contribution >= 0.6 is 0 Å². The van der Waals surface area contributed by atoms with Gasteiger partial charge in [-0.15, -0.1) is 0 Å². The van der Waals surface area contributed by atoms with E-state index in [1.807, 2.05) is 19.9 Å². The van der Waals surface area contributed by atoms with E-state index in [1.54, 1.807) is 13.0 Å². The number of hydrogen-bond donors (Lipinski definition) is 1. The first kappa shape index (κ1) is 17.6. The van der Waals surface area contributed by atoms with Crippen LogP contribution in [0.25, 0.3) is 0 Å². The average molecular weight is 347 g/mol. The van der Waals surface area contributed by atoms with E-state index >= 15 is 0 Å². The van der Waals surface area contributed by atoms with Crippen molar-refractivity contribution in [3.05, 3.63) is 29.3 Å². The van der Waals surface area contributed by atoms with Crippen LogP contribution in [0.1, 0.15) is 30.6 Å². The third kappa shape index (κ3) is 4.46. The monoisotopic (exact) mass is 347 g/mol. The highest BCUT2D eigenvalue weighted by molar-refractivity contribution is 5.94. The molecule has 136 valence electrons. The fourth-order valence-corrected chi connectivity index (χ4v) is 3.19. The van der Waals surface area contributed by atoms with Gasteiger partial charge in [-0.05, 0) is 20.3 Å². The Morgan fingerprint density at radius 1 is 1.20 bits per heavy atom. The second-order valence-corrected chi connectivity index (χ2v) is 6.48. The van der Waals surface area contributed by atoms with Crippen LogP contribution in [0.5, 0.6) is 0 Å². The number of aryl methyl sites for hydroxylation is 2. The number of amides is 1. The average Bonchev–Trinajstić information content (AvgIpc) is 3.18. The SMILES string of the molecule is CCC(C(=O)Nc1cc(C)on1)N1CCN(Cc2cc(C)no2)CC1. The lowest BCUT2D eigenvalue weighted by molar-refractivity contribution is -0.122. The summed E-state index contributed by atoms with van der Waals surface area (Å²) in [6.45, 7) is 9.99. The molecule has 25 heavy (non-hydrogen) atoms. The third-order valence-corrected chi connectivity index (χ3v) is 4.47. The largest absolute Gasteiger partial charge is 0.360 e. The standard InChI is InChI=1S/C17H25N5O3/c1-4-15(17(23)18-16-10-13(3)24-20-16)22-7-5-21(6-8-22)11-14-9-12(2)19-25-14/h9-10,15H,4-8,11H2,1-3H3,(H,18,20,23). The van der Waals surface area contributed by atoms with Gasteiger partial charge in [0.05, 0.1) is 18.3 Å². The molecule has 8 nitrogen and oxygen atoms in total. The highest BCUT2D eigenvalue weighted by Gasteiger charge is 2.28. The van der Waals surface area contributed by atoms with Gasteiger partial charge in [0.15, 0.2) is 11.6 Å². The van der Waals surface area contributed by atoms with Crippen molar-refractivity contribution in [3.8, 4) is 0 Å². The highest BCUT2D eigenvalue weighted by Crippen LogP contribution is 2.15. The van der Waals surface area contributed by atoms with E-state index in [2.05, 4.69) is 25.4 Å². The fraction of sp³-hybridized carbons (Fsp3) is 0.588. The summed E-state index contributed by atoms with van der Waals surface area (Å²) < 4.78 is 10.3. The molecular weight excluding hydrogens is 322 g/mol. The molecule has 1 fully saturated rings. The number of aromatic nitrogens is 2. The van der Waals surface area contributed by atoms with Crippen molar-refractivity contribution in [2.45, 2.75) is 39.8 Å². The van der Waals surface area contributed by atoms with E-state index in [0.717, 1.165) is 50.6 Å². The minimum absolute atomic E-state index is 0.0323. The first-order valence-corrected chi connectivity index (χ1v) is 8.68. The van der Waals surface area contributed by atoms with Crippen LogP contribution in [0, 0.1) is 13.8 Å². The lowest BCUT2D eigenvalue weighted by Gasteiger charge is -2.37. The molecule has 1 aliphatic heterocycles. The Hall–Kier alpha value is -2.19. The molecule has 8 heteroatoms. The zero-order valence-corrected chi connectivity index (χ0v) is 15.0. The summed E-state index contributed by atoms with van der Waals surface area (Å²) in [5.41, 5.74) is 0.902. The molecule has 0 aliphatic carbocycles. The number of nitrogens with zero attached hydrogens (tertiary/aromatic N) is 4. The Morgan fingerprint density at radius 3 is 2.52 bits per heavy atom. The first-order chi connectivity index (χ1) is 12.0. The van der Waals surface area contributed by atoms with Gasteiger partial charge in [-0.3, -0.25) is 14.6 Å². The van der Waals surface area contributed by atoms with Crippen molar-refractivity contribution in [1.82, 2.24) is 20.1 Å². The molecule has 1 N–H and O–H groups in total. The number of nitrogens with one attached hydrogen (secondary N) is 1. The number of rotatable bonds is 6. The van der Waals surface area contributed by atoms with Gasteiger partial charge in [0.1, 0.15) is 5.76 Å². The molecule has 1 atom stereocenters. The van der Waals surface area contributed by atoms with Crippen LogP contribution in [-0.4, -0.2) is 58.2 Å². The Bertz CT molecular complexity index is 703. The second-order valence-electron chi connectivity index (χ2n) is 6.48. The zero-order chi connectivity index (χ0) is 17.8. The van der Waals surface area contributed by atoms with Gasteiger partial charge in [0.25, 0.3) is 0 Å². The number of carbonyl (C=O) groups is 1. The Balaban J connectivity index is 1.51. The molecule has 1 unspecified atom stereocenters. The molecule has 1 amide bonds. The van der Waals surface area contributed by atoms with E-state index in [4.69, 9.17) is 9.05 Å². The van der Waals surface area contributed by atoms with Crippen molar-refractivity contribution >= 4 is 11.7 Å². The maximum atomic E-state index is 12.6. The molecule has 1 saturated heterocycles. The van der Waals surface area contributed by atoms with Crippen molar-refractivity contribution < 1.29 is 13.8 Å². The molecule has 0 radical (unpaired) electrons. The normalized spacial score (nSPS) is 17.6. The summed E-state index contributed by atoms with van der Waals surface area (Å²) in [7, 11) is 0. The molecule has 0 aromatic carbocycles. The van der Waals surface area contributed by atoms with Crippen LogP contribution in [0.2, 0.25) is 0 Å². The smallest absolute Gasteiger partial charge is 0.242 e. The molecule has 2 aromatic heterocycles. The summed E-state index contributed by atoms with van der Waals surface area (Å²) >= 11 is 0. The topological polar surface area (TPSA) is 87.6 Å². The molecule has 0 bridgehead atoms. The number of piperazine rings is 1. The van der Waals surface area contributed by atoms with Crippen LogP contribution in [0.3, 0.4) is 0 Å². The molecule has 3 heterocycles. The summed E-state index contributed by atoms with van der Waals surface area (Å²) in [5, 5.41) is 10.6. The van der Waals surface area contributed by atoms with Crippen LogP contribution in [0.15, 0.2) is 21.2 Å². The molecule has 3 rings (SSSR count). The van der Waals surface area contributed by atoms with Crippen molar-refractivity contribution in [2.24, 2.45) is 0 Å². The summed E-state index contributed by atoms with van der Waals surface area (Å²) in [6, 6.07) is 3.53. The Morgan fingerprint density at radius 2 is 1.96 bits per heavy atom. The summed E-state index contributed by atoms with van der Waals surface area (Å²) in [5.74, 6) is 2.01. The van der Waals surface area contributed by atoms with Gasteiger partial charge in [0.2, 0.25) is 5.91 Å². The zero-order valence-electron chi connectivity index (χ0n) is 15.0. The molecule has 0 saturated carbocycles. The Labute approximate surface area is 147 Å². The van der Waals surface area contributed by atoms with Gasteiger partial charge in [-0.2, -0.15) is 0 Å². The molecule has 0 spiro atoms. The minimum atomic E-state index is -0.160. The third-order valence-electron chi connectivity index (χ3n) is 4.47. The van der Waals surface area contributed by atoms with E-state index in [0.29, 0.717) is 11.6 Å². The highest BCUT2D eigenvalue weighted by atomic mass is 16.5. The first-order valence-electron chi connectivity index (χ1n) is 8.68. The fourth-order valence-electron chi connectivity index (χ4n) is 3.19. The molecule has 1 aliphatic rings.